The van der Waals surface area contributed by atoms with Crippen LogP contribution in [0.4, 0.5) is 0 Å². The Morgan fingerprint density at radius 1 is 1.08 bits per heavy atom. The van der Waals surface area contributed by atoms with E-state index >= 15 is 0 Å². The lowest BCUT2D eigenvalue weighted by Gasteiger charge is -2.29. The van der Waals surface area contributed by atoms with Crippen molar-refractivity contribution in [1.29, 1.82) is 0 Å². The van der Waals surface area contributed by atoms with Crippen LogP contribution in [0.2, 0.25) is 0 Å². The van der Waals surface area contributed by atoms with Crippen molar-refractivity contribution in [3.63, 3.8) is 0 Å². The zero-order valence-electron chi connectivity index (χ0n) is 9.39. The highest BCUT2D eigenvalue weighted by molar-refractivity contribution is 6.75. The Morgan fingerprint density at radius 3 is 1.50 bits per heavy atom. The van der Waals surface area contributed by atoms with Gasteiger partial charge in [-0.1, -0.05) is 0 Å². The fourth-order valence-electron chi connectivity index (χ4n) is 1.21. The summed E-state index contributed by atoms with van der Waals surface area (Å²) in [6, 6.07) is 1.22. The molecule has 0 amide bonds. The van der Waals surface area contributed by atoms with Crippen molar-refractivity contribution in [1.82, 2.24) is 4.90 Å². The van der Waals surface area contributed by atoms with Gasteiger partial charge < -0.3 is 0 Å². The molecule has 0 aliphatic rings. The molecule has 0 aromatic rings. The summed E-state index contributed by atoms with van der Waals surface area (Å²) in [6.07, 6.45) is 0. The normalized spacial score (nSPS) is 11.0. The van der Waals surface area contributed by atoms with Crippen LogP contribution in [0.5, 0.6) is 0 Å². The molecule has 0 heterocycles. The van der Waals surface area contributed by atoms with Gasteiger partial charge in [0.2, 0.25) is 0 Å². The molecule has 0 unspecified atom stereocenters. The smallest absolute Gasteiger partial charge is 0.0351 e. The molecule has 4 heteroatoms. The molecule has 0 fully saturated rings. The minimum absolute atomic E-state index is 0.610. The van der Waals surface area contributed by atoms with Crippen molar-refractivity contribution in [3.05, 3.63) is 0 Å². The molecule has 0 saturated heterocycles. The van der Waals surface area contributed by atoms with Gasteiger partial charge in [-0.15, -0.1) is 11.6 Å². The van der Waals surface area contributed by atoms with E-state index in [-0.39, 0.29) is 0 Å². The van der Waals surface area contributed by atoms with Crippen molar-refractivity contribution < 1.29 is 0 Å². The van der Waals surface area contributed by atoms with E-state index in [4.69, 9.17) is 11.6 Å². The van der Waals surface area contributed by atoms with E-state index < -0.39 is 0 Å². The Kier molecular flexibility index (Phi) is 12.3. The summed E-state index contributed by atoms with van der Waals surface area (Å²) in [7, 11) is 2.89. The zero-order chi connectivity index (χ0) is 10.1. The molecule has 0 atom stereocenters. The van der Waals surface area contributed by atoms with Crippen LogP contribution in [0, 0.1) is 0 Å². The highest BCUT2D eigenvalue weighted by Crippen LogP contribution is 2.03. The first-order valence-corrected chi connectivity index (χ1v) is 13.4. The Morgan fingerprint density at radius 2 is 1.42 bits per heavy atom. The Balaban J connectivity index is 0. The predicted molar refractivity (Wildman–Crippen MR) is 67.6 cm³/mol. The Bertz CT molecular complexity index is 81.1. The second-order valence-electron chi connectivity index (χ2n) is 3.11. The minimum atomic E-state index is 0.610. The van der Waals surface area contributed by atoms with Crippen molar-refractivity contribution in [2.24, 2.45) is 0 Å². The first-order valence-electron chi connectivity index (χ1n) is 4.91. The molecule has 76 valence electrons. The number of hydrogen-bond acceptors (Lipinski definition) is 1. The van der Waals surface area contributed by atoms with Crippen LogP contribution in [-0.2, 0) is 0 Å². The van der Waals surface area contributed by atoms with Gasteiger partial charge in [0.1, 0.15) is 0 Å². The molecule has 0 aromatic carbocycles. The van der Waals surface area contributed by atoms with Gasteiger partial charge in [0.15, 0.2) is 0 Å². The molecule has 0 N–H and O–H groups in total. The van der Waals surface area contributed by atoms with Gasteiger partial charge >= 0.3 is 0 Å². The number of nitrogens with zero attached hydrogens (tertiary/aromatic N) is 1. The fraction of sp³-hybridized carbons (Fsp3) is 1.00. The summed E-state index contributed by atoms with van der Waals surface area (Å²) in [6.45, 7) is 9.80. The molecule has 0 bridgehead atoms. The molecule has 0 rings (SSSR count). The van der Waals surface area contributed by atoms with Crippen LogP contribution >= 0.6 is 11.6 Å². The summed E-state index contributed by atoms with van der Waals surface area (Å²) >= 11 is 5.64. The topological polar surface area (TPSA) is 3.24 Å². The molecule has 0 aliphatic heterocycles. The minimum Gasteiger partial charge on any atom is -0.297 e. The molecule has 0 spiro atoms. The lowest BCUT2D eigenvalue weighted by molar-refractivity contribution is 0.187. The van der Waals surface area contributed by atoms with E-state index in [1.807, 2.05) is 0 Å². The average molecular weight is 226 g/mol. The molecule has 0 saturated carbocycles. The number of alkyl halides is 1. The van der Waals surface area contributed by atoms with Gasteiger partial charge in [0, 0.05) is 24.5 Å². The van der Waals surface area contributed by atoms with Crippen LogP contribution in [0.25, 0.3) is 0 Å². The maximum absolute atomic E-state index is 5.64. The predicted octanol–water partition coefficient (Wildman–Crippen LogP) is -0.0238. The van der Waals surface area contributed by atoms with Crippen LogP contribution in [0.15, 0.2) is 0 Å². The summed E-state index contributed by atoms with van der Waals surface area (Å²) < 4.78 is 0. The molecule has 0 aliphatic carbocycles. The van der Waals surface area contributed by atoms with Crippen molar-refractivity contribution in [2.75, 3.05) is 12.4 Å². The SMILES string of the molecule is CC(C)N(CCCl)C(C)C.[SiH3][SiH3]. The van der Waals surface area contributed by atoms with Gasteiger partial charge in [-0.05, 0) is 47.2 Å². The standard InChI is InChI=1S/C8H18ClN.H6Si2/c1-7(2)10(6-5-9)8(3)4;1-2/h7-8H,5-6H2,1-4H3;1-2H3. The van der Waals surface area contributed by atoms with Crippen LogP contribution < -0.4 is 0 Å². The van der Waals surface area contributed by atoms with Crippen LogP contribution in [0.1, 0.15) is 27.7 Å². The average Bonchev–Trinajstić information content (AvgIpc) is 2.03. The van der Waals surface area contributed by atoms with Gasteiger partial charge in [-0.3, -0.25) is 4.90 Å². The van der Waals surface area contributed by atoms with Gasteiger partial charge in [-0.2, -0.15) is 0 Å². The number of hydrogen-bond donors (Lipinski definition) is 0. The molecule has 12 heavy (non-hydrogen) atoms. The lowest BCUT2D eigenvalue weighted by atomic mass is 10.2. The van der Waals surface area contributed by atoms with Crippen molar-refractivity contribution in [2.45, 2.75) is 39.8 Å². The first kappa shape index (κ1) is 15.2. The van der Waals surface area contributed by atoms with E-state index in [1.165, 1.54) is 19.5 Å². The van der Waals surface area contributed by atoms with E-state index in [0.717, 1.165) is 12.4 Å². The molecular weight excluding hydrogens is 202 g/mol. The molecule has 0 aromatic heterocycles. The Labute approximate surface area is 88.5 Å². The third-order valence-electron chi connectivity index (χ3n) is 1.67. The highest BCUT2D eigenvalue weighted by atomic mass is 35.5. The number of halogens is 1. The first-order chi connectivity index (χ1) is 5.59. The summed E-state index contributed by atoms with van der Waals surface area (Å²) in [5, 5.41) is 0. The Hall–Kier alpha value is 0.684. The monoisotopic (exact) mass is 225 g/mol. The van der Waals surface area contributed by atoms with Crippen molar-refractivity contribution in [3.8, 4) is 0 Å². The number of rotatable bonds is 4. The lowest BCUT2D eigenvalue weighted by Crippen LogP contribution is -2.38. The summed E-state index contributed by atoms with van der Waals surface area (Å²) in [4.78, 5) is 2.38. The molecule has 0 radical (unpaired) electrons. The van der Waals surface area contributed by atoms with Crippen LogP contribution in [0.3, 0.4) is 0 Å². The third kappa shape index (κ3) is 7.34. The van der Waals surface area contributed by atoms with Crippen molar-refractivity contribution >= 4 is 31.1 Å². The zero-order valence-corrected chi connectivity index (χ0v) is 14.2. The third-order valence-corrected chi connectivity index (χ3v) is 1.84. The highest BCUT2D eigenvalue weighted by Gasteiger charge is 2.11. The maximum Gasteiger partial charge on any atom is 0.0351 e. The van der Waals surface area contributed by atoms with Gasteiger partial charge in [0.05, 0.1) is 0 Å². The summed E-state index contributed by atoms with van der Waals surface area (Å²) in [5.41, 5.74) is 0. The van der Waals surface area contributed by atoms with E-state index in [1.54, 1.807) is 0 Å². The largest absolute Gasteiger partial charge is 0.297 e. The van der Waals surface area contributed by atoms with Crippen LogP contribution in [-0.4, -0.2) is 48.9 Å². The van der Waals surface area contributed by atoms with E-state index in [0.29, 0.717) is 12.1 Å². The molecule has 1 nitrogen and oxygen atoms in total. The van der Waals surface area contributed by atoms with Gasteiger partial charge in [-0.25, -0.2) is 0 Å². The maximum atomic E-state index is 5.64. The van der Waals surface area contributed by atoms with E-state index in [9.17, 15) is 0 Å². The molecular formula is C8H24ClNSi2. The second kappa shape index (κ2) is 9.77. The summed E-state index contributed by atoms with van der Waals surface area (Å²) in [5.74, 6) is 0.732. The quantitative estimate of drug-likeness (QED) is 0.480. The fourth-order valence-corrected chi connectivity index (χ4v) is 1.41. The second-order valence-corrected chi connectivity index (χ2v) is 3.49. The van der Waals surface area contributed by atoms with Gasteiger partial charge in [0.25, 0.3) is 0 Å². The van der Waals surface area contributed by atoms with E-state index in [2.05, 4.69) is 32.6 Å².